The molecule has 0 spiro atoms. The summed E-state index contributed by atoms with van der Waals surface area (Å²) < 4.78 is 104. The van der Waals surface area contributed by atoms with E-state index in [0.717, 1.165) is 55.1 Å². The number of rotatable bonds is 14. The fourth-order valence-electron chi connectivity index (χ4n) is 4.21. The summed E-state index contributed by atoms with van der Waals surface area (Å²) in [7, 11) is 0. The molecule has 342 valence electrons. The fourth-order valence-corrected chi connectivity index (χ4v) is 4.21. The van der Waals surface area contributed by atoms with E-state index in [0.29, 0.717) is 6.61 Å². The zero-order chi connectivity index (χ0) is 47.6. The molecule has 0 unspecified atom stereocenters. The molecule has 0 atom stereocenters. The number of aromatic nitrogens is 1. The number of fused-ring (bicyclic) bond motifs is 1. The molecule has 0 aliphatic carbocycles. The van der Waals surface area contributed by atoms with Crippen LogP contribution in [0.3, 0.4) is 0 Å². The molecule has 0 saturated carbocycles. The standard InChI is InChI=1S/C14H15F2NO4.C12H9F2NO3.C10H16O5.C6H5F2N/c1-3-20-13(18)10(14(19)21-4-2)8-17-9-5-6-11(15)12(16)7-9;1-2-18-12(17)7-5-15-10-4-9(14)8(13)3-6(10)11(7)16;1-4-13-7-8(9(11)14-5-2)10(12)15-6-3;7-5-2-1-4(9)3-6(5)8/h5-8,17H,3-4H2,1-2H3;3-5H,2H2,1H3,(H,15,16);7H,4-6H2,1-3H3;1-3H,9H2. The molecule has 4 rings (SSSR count). The van der Waals surface area contributed by atoms with Gasteiger partial charge in [0.15, 0.2) is 46.0 Å². The Bertz CT molecular complexity index is 2280. The molecule has 4 N–H and O–H groups in total. The number of nitrogen functional groups attached to an aromatic ring is 1. The number of aromatic amines is 1. The first kappa shape index (κ1) is 53.7. The van der Waals surface area contributed by atoms with Crippen LogP contribution in [0, 0.1) is 34.9 Å². The predicted octanol–water partition coefficient (Wildman–Crippen LogP) is 6.95. The average Bonchev–Trinajstić information content (AvgIpc) is 3.23. The molecule has 1 heterocycles. The first-order chi connectivity index (χ1) is 29.9. The van der Waals surface area contributed by atoms with Crippen LogP contribution in [-0.4, -0.2) is 74.5 Å². The van der Waals surface area contributed by atoms with Crippen molar-refractivity contribution in [3.05, 3.63) is 129 Å². The molecule has 0 saturated heterocycles. The summed E-state index contributed by atoms with van der Waals surface area (Å²) in [5.41, 5.74) is 4.11. The van der Waals surface area contributed by atoms with Crippen LogP contribution >= 0.6 is 0 Å². The van der Waals surface area contributed by atoms with Gasteiger partial charge in [0.1, 0.15) is 11.8 Å². The van der Waals surface area contributed by atoms with Crippen molar-refractivity contribution in [3.8, 4) is 0 Å². The highest BCUT2D eigenvalue weighted by atomic mass is 19.2. The van der Waals surface area contributed by atoms with Gasteiger partial charge in [0.25, 0.3) is 0 Å². The predicted molar refractivity (Wildman–Crippen MR) is 216 cm³/mol. The van der Waals surface area contributed by atoms with Crippen molar-refractivity contribution >= 4 is 52.1 Å². The number of nitrogens with two attached hydrogens (primary N) is 1. The van der Waals surface area contributed by atoms with Crippen LogP contribution in [-0.2, 0) is 47.6 Å². The SMILES string of the molecule is CCOC(=O)C(=CNc1ccc(F)c(F)c1)C(=O)OCC.CCOC(=O)c1c[nH]c2cc(F)c(F)cc2c1=O.CCOC=C(C(=O)OCC)C(=O)OCC.Nc1ccc(F)c(F)c1. The summed E-state index contributed by atoms with van der Waals surface area (Å²) in [6.45, 7) is 10.9. The lowest BCUT2D eigenvalue weighted by Gasteiger charge is -2.07. The lowest BCUT2D eigenvalue weighted by atomic mass is 10.1. The van der Waals surface area contributed by atoms with Crippen molar-refractivity contribution < 1.29 is 78.7 Å². The van der Waals surface area contributed by atoms with E-state index in [-0.39, 0.29) is 72.0 Å². The smallest absolute Gasteiger partial charge is 0.348 e. The largest absolute Gasteiger partial charge is 0.500 e. The highest BCUT2D eigenvalue weighted by Gasteiger charge is 2.22. The Hall–Kier alpha value is -7.32. The van der Waals surface area contributed by atoms with Crippen molar-refractivity contribution in [2.45, 2.75) is 41.5 Å². The maximum Gasteiger partial charge on any atom is 0.348 e. The molecule has 4 aromatic rings. The molecule has 21 heteroatoms. The van der Waals surface area contributed by atoms with Gasteiger partial charge in [-0.05, 0) is 77.9 Å². The molecule has 1 aromatic heterocycles. The van der Waals surface area contributed by atoms with Gasteiger partial charge in [0.05, 0.1) is 45.2 Å². The second-order valence-electron chi connectivity index (χ2n) is 11.4. The van der Waals surface area contributed by atoms with E-state index in [1.807, 2.05) is 0 Å². The number of H-pyrrole nitrogens is 1. The Labute approximate surface area is 356 Å². The maximum absolute atomic E-state index is 13.1. The first-order valence-electron chi connectivity index (χ1n) is 18.7. The van der Waals surface area contributed by atoms with Gasteiger partial charge >= 0.3 is 29.8 Å². The molecular weight excluding hydrogens is 852 g/mol. The number of pyridine rings is 1. The molecule has 0 amide bonds. The number of carbonyl (C=O) groups is 5. The molecule has 63 heavy (non-hydrogen) atoms. The van der Waals surface area contributed by atoms with Crippen LogP contribution in [0.15, 0.2) is 83.1 Å². The number of ether oxygens (including phenoxy) is 6. The molecule has 0 bridgehead atoms. The molecule has 3 aromatic carbocycles. The number of benzene rings is 3. The number of anilines is 2. The third kappa shape index (κ3) is 18.1. The highest BCUT2D eigenvalue weighted by molar-refractivity contribution is 6.14. The third-order valence-electron chi connectivity index (χ3n) is 7.01. The lowest BCUT2D eigenvalue weighted by Crippen LogP contribution is -2.19. The van der Waals surface area contributed by atoms with E-state index in [1.165, 1.54) is 12.1 Å². The van der Waals surface area contributed by atoms with E-state index >= 15 is 0 Å². The summed E-state index contributed by atoms with van der Waals surface area (Å²) in [5.74, 6) is -10.0. The van der Waals surface area contributed by atoms with Gasteiger partial charge in [-0.2, -0.15) is 0 Å². The molecule has 0 radical (unpaired) electrons. The molecule has 0 aliphatic heterocycles. The first-order valence-corrected chi connectivity index (χ1v) is 18.7. The van der Waals surface area contributed by atoms with E-state index in [2.05, 4.69) is 24.5 Å². The topological polar surface area (TPSA) is 212 Å². The number of hydrogen-bond donors (Lipinski definition) is 3. The number of esters is 5. The number of carbonyl (C=O) groups excluding carboxylic acids is 5. The normalized spacial score (nSPS) is 9.78. The Kier molecular flexibility index (Phi) is 24.1. The van der Waals surface area contributed by atoms with Crippen LogP contribution in [0.1, 0.15) is 51.9 Å². The number of hydrogen-bond acceptors (Lipinski definition) is 14. The minimum absolute atomic E-state index is 0.0841. The van der Waals surface area contributed by atoms with Gasteiger partial charge < -0.3 is 44.5 Å². The van der Waals surface area contributed by atoms with Gasteiger partial charge in [-0.3, -0.25) is 4.79 Å². The van der Waals surface area contributed by atoms with E-state index in [4.69, 9.17) is 19.9 Å². The fraction of sp³-hybridized carbons (Fsp3) is 0.286. The minimum atomic E-state index is -1.14. The number of halogens is 6. The Morgan fingerprint density at radius 1 is 0.587 bits per heavy atom. The van der Waals surface area contributed by atoms with Crippen LogP contribution in [0.25, 0.3) is 10.9 Å². The van der Waals surface area contributed by atoms with E-state index < -0.39 is 70.2 Å². The summed E-state index contributed by atoms with van der Waals surface area (Å²) in [5, 5.41) is 2.42. The summed E-state index contributed by atoms with van der Waals surface area (Å²) in [6.07, 6.45) is 3.22. The second kappa shape index (κ2) is 28.3. The summed E-state index contributed by atoms with van der Waals surface area (Å²) in [6, 6.07) is 7.91. The van der Waals surface area contributed by atoms with Crippen molar-refractivity contribution in [2.75, 3.05) is 50.7 Å². The quantitative estimate of drug-likeness (QED) is 0.0171. The lowest BCUT2D eigenvalue weighted by molar-refractivity contribution is -0.148. The van der Waals surface area contributed by atoms with Crippen LogP contribution in [0.2, 0.25) is 0 Å². The van der Waals surface area contributed by atoms with Gasteiger partial charge in [0, 0.05) is 41.3 Å². The Morgan fingerprint density at radius 2 is 1.05 bits per heavy atom. The van der Waals surface area contributed by atoms with E-state index in [9.17, 15) is 55.1 Å². The molecule has 0 aliphatic rings. The Morgan fingerprint density at radius 3 is 1.51 bits per heavy atom. The zero-order valence-corrected chi connectivity index (χ0v) is 34.8. The Balaban J connectivity index is 0.000000435. The second-order valence-corrected chi connectivity index (χ2v) is 11.4. The van der Waals surface area contributed by atoms with Gasteiger partial charge in [-0.1, -0.05) is 0 Å². The molecular formula is C42H45F6N3O12. The monoisotopic (exact) mass is 897 g/mol. The highest BCUT2D eigenvalue weighted by Crippen LogP contribution is 2.16. The third-order valence-corrected chi connectivity index (χ3v) is 7.01. The zero-order valence-electron chi connectivity index (χ0n) is 34.8. The van der Waals surface area contributed by atoms with Crippen LogP contribution < -0.4 is 16.5 Å². The summed E-state index contributed by atoms with van der Waals surface area (Å²) in [4.78, 5) is 71.8. The van der Waals surface area contributed by atoms with Crippen LogP contribution in [0.4, 0.5) is 37.7 Å². The minimum Gasteiger partial charge on any atom is -0.500 e. The van der Waals surface area contributed by atoms with Crippen molar-refractivity contribution in [1.82, 2.24) is 4.98 Å². The maximum atomic E-state index is 13.1. The van der Waals surface area contributed by atoms with Crippen molar-refractivity contribution in [2.24, 2.45) is 0 Å². The van der Waals surface area contributed by atoms with Gasteiger partial charge in [-0.25, -0.2) is 50.3 Å². The van der Waals surface area contributed by atoms with Gasteiger partial charge in [-0.15, -0.1) is 0 Å². The van der Waals surface area contributed by atoms with Crippen molar-refractivity contribution in [1.29, 1.82) is 0 Å². The van der Waals surface area contributed by atoms with Crippen molar-refractivity contribution in [3.63, 3.8) is 0 Å². The average molecular weight is 898 g/mol. The molecule has 15 nitrogen and oxygen atoms in total. The summed E-state index contributed by atoms with van der Waals surface area (Å²) >= 11 is 0. The molecule has 0 fully saturated rings. The van der Waals surface area contributed by atoms with Crippen LogP contribution in [0.5, 0.6) is 0 Å². The van der Waals surface area contributed by atoms with E-state index in [1.54, 1.807) is 41.5 Å². The number of nitrogens with one attached hydrogen (secondary N) is 2. The van der Waals surface area contributed by atoms with Gasteiger partial charge in [0.2, 0.25) is 5.43 Å².